The van der Waals surface area contributed by atoms with Crippen molar-refractivity contribution < 1.29 is 14.3 Å². The standard InChI is InChI=1S/C13H25N3O3/c1-9(2)11(15-13(18)19-4)12(17)16-7-5-6-10(16)8-14-3/h9-11,14H,5-8H2,1-4H3,(H,15,18). The average molecular weight is 271 g/mol. The van der Waals surface area contributed by atoms with Crippen LogP contribution in [0.5, 0.6) is 0 Å². The SMILES string of the molecule is CNCC1CCCN1C(=O)C(NC(=O)OC)C(C)C. The Morgan fingerprint density at radius 3 is 2.63 bits per heavy atom. The molecule has 1 fully saturated rings. The molecule has 1 saturated heterocycles. The van der Waals surface area contributed by atoms with E-state index in [4.69, 9.17) is 0 Å². The summed E-state index contributed by atoms with van der Waals surface area (Å²) in [5, 5.41) is 5.74. The van der Waals surface area contributed by atoms with Gasteiger partial charge in [-0.1, -0.05) is 13.8 Å². The monoisotopic (exact) mass is 271 g/mol. The van der Waals surface area contributed by atoms with Crippen molar-refractivity contribution in [3.8, 4) is 0 Å². The van der Waals surface area contributed by atoms with Gasteiger partial charge in [0.2, 0.25) is 5.91 Å². The van der Waals surface area contributed by atoms with E-state index in [-0.39, 0.29) is 17.9 Å². The number of carbonyl (C=O) groups excluding carboxylic acids is 2. The van der Waals surface area contributed by atoms with Crippen LogP contribution in [0.3, 0.4) is 0 Å². The van der Waals surface area contributed by atoms with Gasteiger partial charge in [-0.05, 0) is 25.8 Å². The van der Waals surface area contributed by atoms with Crippen molar-refractivity contribution in [2.75, 3.05) is 27.2 Å². The molecule has 1 aliphatic heterocycles. The molecular formula is C13H25N3O3. The van der Waals surface area contributed by atoms with Crippen LogP contribution in [0.25, 0.3) is 0 Å². The first-order chi connectivity index (χ1) is 9.01. The van der Waals surface area contributed by atoms with Crippen LogP contribution in [-0.2, 0) is 9.53 Å². The second-order valence-corrected chi connectivity index (χ2v) is 5.24. The molecule has 0 aliphatic carbocycles. The van der Waals surface area contributed by atoms with E-state index in [1.165, 1.54) is 7.11 Å². The Kier molecular flexibility index (Phi) is 6.08. The third-order valence-corrected chi connectivity index (χ3v) is 3.49. The molecule has 1 aliphatic rings. The number of carbonyl (C=O) groups is 2. The Labute approximate surface area is 114 Å². The van der Waals surface area contributed by atoms with Gasteiger partial charge >= 0.3 is 6.09 Å². The normalized spacial score (nSPS) is 20.5. The molecule has 19 heavy (non-hydrogen) atoms. The molecule has 1 heterocycles. The zero-order valence-corrected chi connectivity index (χ0v) is 12.2. The van der Waals surface area contributed by atoms with Crippen molar-refractivity contribution in [2.45, 2.75) is 38.8 Å². The van der Waals surface area contributed by atoms with Crippen LogP contribution < -0.4 is 10.6 Å². The number of nitrogens with zero attached hydrogens (tertiary/aromatic N) is 1. The van der Waals surface area contributed by atoms with Crippen LogP contribution in [0.4, 0.5) is 4.79 Å². The molecular weight excluding hydrogens is 246 g/mol. The summed E-state index contributed by atoms with van der Waals surface area (Å²) in [7, 11) is 3.18. The molecule has 2 N–H and O–H groups in total. The number of methoxy groups -OCH3 is 1. The summed E-state index contributed by atoms with van der Waals surface area (Å²) >= 11 is 0. The molecule has 1 rings (SSSR count). The number of nitrogens with one attached hydrogen (secondary N) is 2. The molecule has 2 unspecified atom stereocenters. The fraction of sp³-hybridized carbons (Fsp3) is 0.846. The third-order valence-electron chi connectivity index (χ3n) is 3.49. The highest BCUT2D eigenvalue weighted by atomic mass is 16.5. The van der Waals surface area contributed by atoms with Crippen molar-refractivity contribution >= 4 is 12.0 Å². The van der Waals surface area contributed by atoms with Gasteiger partial charge < -0.3 is 20.3 Å². The van der Waals surface area contributed by atoms with Crippen molar-refractivity contribution in [2.24, 2.45) is 5.92 Å². The number of ether oxygens (including phenoxy) is 1. The zero-order valence-electron chi connectivity index (χ0n) is 12.2. The molecule has 0 radical (unpaired) electrons. The summed E-state index contributed by atoms with van der Waals surface area (Å²) in [4.78, 5) is 25.8. The van der Waals surface area contributed by atoms with Gasteiger partial charge in [0, 0.05) is 19.1 Å². The molecule has 0 bridgehead atoms. The van der Waals surface area contributed by atoms with E-state index in [1.807, 2.05) is 25.8 Å². The third kappa shape index (κ3) is 4.09. The van der Waals surface area contributed by atoms with Crippen LogP contribution in [0, 0.1) is 5.92 Å². The number of rotatable bonds is 5. The van der Waals surface area contributed by atoms with Crippen LogP contribution in [0.15, 0.2) is 0 Å². The quantitative estimate of drug-likeness (QED) is 0.767. The van der Waals surface area contributed by atoms with Crippen molar-refractivity contribution in [3.05, 3.63) is 0 Å². The maximum absolute atomic E-state index is 12.6. The van der Waals surface area contributed by atoms with E-state index in [9.17, 15) is 9.59 Å². The van der Waals surface area contributed by atoms with Gasteiger partial charge in [-0.25, -0.2) is 4.79 Å². The van der Waals surface area contributed by atoms with Crippen molar-refractivity contribution in [1.29, 1.82) is 0 Å². The van der Waals surface area contributed by atoms with Gasteiger partial charge in [-0.2, -0.15) is 0 Å². The Hall–Kier alpha value is -1.30. The highest BCUT2D eigenvalue weighted by Gasteiger charge is 2.34. The first-order valence-electron chi connectivity index (χ1n) is 6.80. The minimum Gasteiger partial charge on any atom is -0.453 e. The maximum atomic E-state index is 12.6. The first-order valence-corrected chi connectivity index (χ1v) is 6.80. The van der Waals surface area contributed by atoms with Gasteiger partial charge in [0.05, 0.1) is 7.11 Å². The fourth-order valence-corrected chi connectivity index (χ4v) is 2.45. The van der Waals surface area contributed by atoms with E-state index in [0.29, 0.717) is 0 Å². The van der Waals surface area contributed by atoms with Crippen LogP contribution in [0.2, 0.25) is 0 Å². The lowest BCUT2D eigenvalue weighted by Gasteiger charge is -2.30. The smallest absolute Gasteiger partial charge is 0.407 e. The van der Waals surface area contributed by atoms with E-state index < -0.39 is 12.1 Å². The van der Waals surface area contributed by atoms with Gasteiger partial charge in [0.25, 0.3) is 0 Å². The highest BCUT2D eigenvalue weighted by Crippen LogP contribution is 2.19. The van der Waals surface area contributed by atoms with Gasteiger partial charge in [-0.15, -0.1) is 0 Å². The summed E-state index contributed by atoms with van der Waals surface area (Å²) in [5.74, 6) is 0.0144. The predicted molar refractivity (Wildman–Crippen MR) is 72.8 cm³/mol. The summed E-state index contributed by atoms with van der Waals surface area (Å²) in [6.07, 6.45) is 1.47. The van der Waals surface area contributed by atoms with E-state index >= 15 is 0 Å². The maximum Gasteiger partial charge on any atom is 0.407 e. The lowest BCUT2D eigenvalue weighted by molar-refractivity contribution is -0.135. The van der Waals surface area contributed by atoms with E-state index in [0.717, 1.165) is 25.9 Å². The van der Waals surface area contributed by atoms with Gasteiger partial charge in [-0.3, -0.25) is 4.79 Å². The van der Waals surface area contributed by atoms with Crippen LogP contribution in [-0.4, -0.2) is 56.2 Å². The van der Waals surface area contributed by atoms with Crippen LogP contribution >= 0.6 is 0 Å². The van der Waals surface area contributed by atoms with Crippen molar-refractivity contribution in [1.82, 2.24) is 15.5 Å². The summed E-state index contributed by atoms with van der Waals surface area (Å²) in [6, 6.07) is -0.303. The number of likely N-dealkylation sites (tertiary alicyclic amines) is 1. The number of likely N-dealkylation sites (N-methyl/N-ethyl adjacent to an activating group) is 1. The molecule has 2 amide bonds. The second kappa shape index (κ2) is 7.33. The number of hydrogen-bond donors (Lipinski definition) is 2. The molecule has 110 valence electrons. The van der Waals surface area contributed by atoms with Crippen LogP contribution in [0.1, 0.15) is 26.7 Å². The molecule has 0 aromatic rings. The zero-order chi connectivity index (χ0) is 14.4. The van der Waals surface area contributed by atoms with Gasteiger partial charge in [0.15, 0.2) is 0 Å². The lowest BCUT2D eigenvalue weighted by Crippen LogP contribution is -2.53. The Bertz CT molecular complexity index is 320. The first kappa shape index (κ1) is 15.8. The summed E-state index contributed by atoms with van der Waals surface area (Å²) in [5.41, 5.74) is 0. The molecule has 0 aromatic carbocycles. The molecule has 0 aromatic heterocycles. The predicted octanol–water partition coefficient (Wildman–Crippen LogP) is 0.577. The van der Waals surface area contributed by atoms with Gasteiger partial charge in [0.1, 0.15) is 6.04 Å². The Balaban J connectivity index is 2.72. The average Bonchev–Trinajstić information content (AvgIpc) is 2.83. The molecule has 0 spiro atoms. The molecule has 6 nitrogen and oxygen atoms in total. The molecule has 2 atom stereocenters. The van der Waals surface area contributed by atoms with Crippen molar-refractivity contribution in [3.63, 3.8) is 0 Å². The minimum atomic E-state index is -0.559. The molecule has 6 heteroatoms. The summed E-state index contributed by atoms with van der Waals surface area (Å²) in [6.45, 7) is 5.38. The number of amides is 2. The highest BCUT2D eigenvalue weighted by molar-refractivity contribution is 5.86. The fourth-order valence-electron chi connectivity index (χ4n) is 2.45. The van der Waals surface area contributed by atoms with E-state index in [1.54, 1.807) is 0 Å². The minimum absolute atomic E-state index is 0.0156. The largest absolute Gasteiger partial charge is 0.453 e. The molecule has 0 saturated carbocycles. The number of alkyl carbamates (subject to hydrolysis) is 1. The Morgan fingerprint density at radius 2 is 2.11 bits per heavy atom. The lowest BCUT2D eigenvalue weighted by atomic mass is 10.0. The Morgan fingerprint density at radius 1 is 1.42 bits per heavy atom. The number of hydrogen-bond acceptors (Lipinski definition) is 4. The van der Waals surface area contributed by atoms with E-state index in [2.05, 4.69) is 15.4 Å². The second-order valence-electron chi connectivity index (χ2n) is 5.24. The summed E-state index contributed by atoms with van der Waals surface area (Å²) < 4.78 is 4.58. The topological polar surface area (TPSA) is 70.7 Å².